The molecule has 0 aliphatic carbocycles. The summed E-state index contributed by atoms with van der Waals surface area (Å²) in [6.45, 7) is 3.43. The number of hydrogen-bond donors (Lipinski definition) is 0. The van der Waals surface area contributed by atoms with Gasteiger partial charge >= 0.3 is 0 Å². The fourth-order valence-electron chi connectivity index (χ4n) is 3.36. The van der Waals surface area contributed by atoms with Gasteiger partial charge in [-0.15, -0.1) is 0 Å². The van der Waals surface area contributed by atoms with E-state index in [2.05, 4.69) is 30.1 Å². The highest BCUT2D eigenvalue weighted by molar-refractivity contribution is 5.39. The van der Waals surface area contributed by atoms with E-state index in [4.69, 9.17) is 4.74 Å². The van der Waals surface area contributed by atoms with Crippen LogP contribution in [0.25, 0.3) is 0 Å². The van der Waals surface area contributed by atoms with E-state index in [9.17, 15) is 0 Å². The van der Waals surface area contributed by atoms with Crippen molar-refractivity contribution >= 4 is 0 Å². The van der Waals surface area contributed by atoms with Crippen LogP contribution >= 0.6 is 0 Å². The first-order chi connectivity index (χ1) is 9.31. The Morgan fingerprint density at radius 1 is 1.26 bits per heavy atom. The lowest BCUT2D eigenvalue weighted by atomic mass is 9.92. The lowest BCUT2D eigenvalue weighted by Crippen LogP contribution is -2.18. The summed E-state index contributed by atoms with van der Waals surface area (Å²) < 4.78 is 5.57. The zero-order valence-corrected chi connectivity index (χ0v) is 12.0. The van der Waals surface area contributed by atoms with Crippen LogP contribution in [0.15, 0.2) is 18.2 Å². The average molecular weight is 259 g/mol. The Kier molecular flexibility index (Phi) is 4.07. The number of hydrogen-bond acceptors (Lipinski definition) is 2. The van der Waals surface area contributed by atoms with Gasteiger partial charge in [0.15, 0.2) is 0 Å². The summed E-state index contributed by atoms with van der Waals surface area (Å²) in [5.41, 5.74) is 2.92. The summed E-state index contributed by atoms with van der Waals surface area (Å²) in [5.74, 6) is 2.04. The zero-order chi connectivity index (χ0) is 13.1. The summed E-state index contributed by atoms with van der Waals surface area (Å²) in [6, 6.07) is 6.79. The highest BCUT2D eigenvalue weighted by Crippen LogP contribution is 2.28. The second-order valence-corrected chi connectivity index (χ2v) is 6.18. The van der Waals surface area contributed by atoms with Crippen LogP contribution in [0.4, 0.5) is 0 Å². The van der Waals surface area contributed by atoms with Crippen molar-refractivity contribution in [1.29, 1.82) is 0 Å². The molecular weight excluding hydrogens is 234 g/mol. The van der Waals surface area contributed by atoms with E-state index >= 15 is 0 Å². The molecule has 2 heterocycles. The Bertz CT molecular complexity index is 429. The molecule has 1 fully saturated rings. The first kappa shape index (κ1) is 13.0. The molecule has 1 saturated heterocycles. The quantitative estimate of drug-likeness (QED) is 0.826. The molecular formula is C17H25NO. The molecule has 19 heavy (non-hydrogen) atoms. The van der Waals surface area contributed by atoms with Crippen molar-refractivity contribution in [3.05, 3.63) is 29.3 Å². The molecule has 1 aromatic rings. The molecule has 2 heteroatoms. The third-order valence-electron chi connectivity index (χ3n) is 4.67. The monoisotopic (exact) mass is 259 g/mol. The van der Waals surface area contributed by atoms with Crippen LogP contribution in [0.1, 0.15) is 36.8 Å². The van der Waals surface area contributed by atoms with Gasteiger partial charge in [0.1, 0.15) is 5.75 Å². The lowest BCUT2D eigenvalue weighted by Gasteiger charge is -2.15. The minimum absolute atomic E-state index is 0.869. The summed E-state index contributed by atoms with van der Waals surface area (Å²) in [7, 11) is 2.25. The smallest absolute Gasteiger partial charge is 0.122 e. The molecule has 2 aliphatic rings. The van der Waals surface area contributed by atoms with Gasteiger partial charge in [-0.2, -0.15) is 0 Å². The van der Waals surface area contributed by atoms with Crippen LogP contribution in [0.2, 0.25) is 0 Å². The van der Waals surface area contributed by atoms with Crippen LogP contribution < -0.4 is 4.74 Å². The summed E-state index contributed by atoms with van der Waals surface area (Å²) in [6.07, 6.45) is 7.86. The molecule has 1 unspecified atom stereocenters. The van der Waals surface area contributed by atoms with Crippen LogP contribution in [-0.4, -0.2) is 31.6 Å². The highest BCUT2D eigenvalue weighted by Gasteiger charge is 2.16. The molecule has 104 valence electrons. The maximum Gasteiger partial charge on any atom is 0.122 e. The van der Waals surface area contributed by atoms with Gasteiger partial charge in [-0.1, -0.05) is 12.1 Å². The topological polar surface area (TPSA) is 12.5 Å². The normalized spacial score (nSPS) is 23.7. The Morgan fingerprint density at radius 3 is 3.16 bits per heavy atom. The van der Waals surface area contributed by atoms with E-state index in [0.29, 0.717) is 0 Å². The predicted octanol–water partition coefficient (Wildman–Crippen LogP) is 3.29. The fraction of sp³-hybridized carbons (Fsp3) is 0.647. The molecule has 3 rings (SSSR count). The van der Waals surface area contributed by atoms with Gasteiger partial charge in [-0.3, -0.25) is 0 Å². The third kappa shape index (κ3) is 3.30. The van der Waals surface area contributed by atoms with Crippen molar-refractivity contribution in [3.8, 4) is 5.75 Å². The van der Waals surface area contributed by atoms with E-state index in [1.807, 2.05) is 0 Å². The summed E-state index contributed by atoms with van der Waals surface area (Å²) in [5, 5.41) is 0. The maximum atomic E-state index is 5.57. The molecule has 0 aromatic heterocycles. The van der Waals surface area contributed by atoms with Crippen molar-refractivity contribution in [1.82, 2.24) is 4.90 Å². The molecule has 2 nitrogen and oxygen atoms in total. The Balaban J connectivity index is 1.54. The number of nitrogens with zero attached hydrogens (tertiary/aromatic N) is 1. The number of rotatable bonds is 3. The van der Waals surface area contributed by atoms with E-state index in [1.54, 1.807) is 0 Å². The van der Waals surface area contributed by atoms with Gasteiger partial charge in [0, 0.05) is 6.42 Å². The first-order valence-electron chi connectivity index (χ1n) is 7.74. The Hall–Kier alpha value is -1.02. The van der Waals surface area contributed by atoms with Crippen LogP contribution in [-0.2, 0) is 12.8 Å². The molecule has 0 spiro atoms. The van der Waals surface area contributed by atoms with Crippen molar-refractivity contribution in [2.75, 3.05) is 26.7 Å². The van der Waals surface area contributed by atoms with Gasteiger partial charge < -0.3 is 9.64 Å². The standard InChI is InChI=1S/C17H25NO/c1-18-10-2-3-14(8-11-18)4-5-15-6-7-17-16(13-15)9-12-19-17/h6-7,13-14H,2-5,8-12H2,1H3. The minimum atomic E-state index is 0.869. The molecule has 1 atom stereocenters. The largest absolute Gasteiger partial charge is 0.493 e. The SMILES string of the molecule is CN1CCCC(CCc2ccc3c(c2)CCO3)CC1. The van der Waals surface area contributed by atoms with Crippen LogP contribution in [0.5, 0.6) is 5.75 Å². The number of fused-ring (bicyclic) bond motifs is 1. The first-order valence-corrected chi connectivity index (χ1v) is 7.74. The molecule has 1 aromatic carbocycles. The molecule has 0 N–H and O–H groups in total. The number of benzene rings is 1. The van der Waals surface area contributed by atoms with E-state index in [-0.39, 0.29) is 0 Å². The molecule has 0 amide bonds. The zero-order valence-electron chi connectivity index (χ0n) is 12.0. The minimum Gasteiger partial charge on any atom is -0.493 e. The van der Waals surface area contributed by atoms with Gasteiger partial charge in [0.05, 0.1) is 6.61 Å². The fourth-order valence-corrected chi connectivity index (χ4v) is 3.36. The summed E-state index contributed by atoms with van der Waals surface area (Å²) in [4.78, 5) is 2.48. The van der Waals surface area contributed by atoms with Gasteiger partial charge in [0.25, 0.3) is 0 Å². The van der Waals surface area contributed by atoms with Crippen LogP contribution in [0, 0.1) is 5.92 Å². The van der Waals surface area contributed by atoms with E-state index in [0.717, 1.165) is 24.7 Å². The second-order valence-electron chi connectivity index (χ2n) is 6.18. The van der Waals surface area contributed by atoms with Crippen molar-refractivity contribution < 1.29 is 4.74 Å². The number of aryl methyl sites for hydroxylation is 1. The van der Waals surface area contributed by atoms with Gasteiger partial charge in [-0.05, 0) is 75.4 Å². The maximum absolute atomic E-state index is 5.57. The summed E-state index contributed by atoms with van der Waals surface area (Å²) >= 11 is 0. The van der Waals surface area contributed by atoms with Crippen LogP contribution in [0.3, 0.4) is 0 Å². The number of ether oxygens (including phenoxy) is 1. The van der Waals surface area contributed by atoms with Gasteiger partial charge in [-0.25, -0.2) is 0 Å². The van der Waals surface area contributed by atoms with E-state index in [1.165, 1.54) is 56.3 Å². The van der Waals surface area contributed by atoms with Crippen molar-refractivity contribution in [2.24, 2.45) is 5.92 Å². The van der Waals surface area contributed by atoms with Gasteiger partial charge in [0.2, 0.25) is 0 Å². The third-order valence-corrected chi connectivity index (χ3v) is 4.67. The van der Waals surface area contributed by atoms with Crippen molar-refractivity contribution in [2.45, 2.75) is 38.5 Å². The van der Waals surface area contributed by atoms with Crippen molar-refractivity contribution in [3.63, 3.8) is 0 Å². The number of likely N-dealkylation sites (tertiary alicyclic amines) is 1. The molecule has 0 bridgehead atoms. The van der Waals surface area contributed by atoms with E-state index < -0.39 is 0 Å². The average Bonchev–Trinajstić information content (AvgIpc) is 2.79. The molecule has 0 saturated carbocycles. The molecule has 2 aliphatic heterocycles. The molecule has 0 radical (unpaired) electrons. The predicted molar refractivity (Wildman–Crippen MR) is 78.8 cm³/mol. The Morgan fingerprint density at radius 2 is 2.21 bits per heavy atom. The lowest BCUT2D eigenvalue weighted by molar-refractivity contribution is 0.339. The highest BCUT2D eigenvalue weighted by atomic mass is 16.5. The Labute approximate surface area is 116 Å². The second kappa shape index (κ2) is 5.96.